The third-order valence-corrected chi connectivity index (χ3v) is 5.62. The molecule has 0 saturated carbocycles. The maximum absolute atomic E-state index is 11.6. The summed E-state index contributed by atoms with van der Waals surface area (Å²) in [6.07, 6.45) is 2.83. The first-order valence-electron chi connectivity index (χ1n) is 9.41. The van der Waals surface area contributed by atoms with E-state index in [4.69, 9.17) is 10.5 Å². The third kappa shape index (κ3) is 4.99. The highest BCUT2D eigenvalue weighted by molar-refractivity contribution is 7.90. The van der Waals surface area contributed by atoms with Crippen molar-refractivity contribution in [3.8, 4) is 22.8 Å². The second-order valence-electron chi connectivity index (χ2n) is 6.85. The van der Waals surface area contributed by atoms with Gasteiger partial charge in [-0.15, -0.1) is 0 Å². The van der Waals surface area contributed by atoms with Gasteiger partial charge < -0.3 is 15.8 Å². The third-order valence-electron chi connectivity index (χ3n) is 4.49. The van der Waals surface area contributed by atoms with Crippen LogP contribution in [0.2, 0.25) is 0 Å². The molecule has 4 rings (SSSR count). The van der Waals surface area contributed by atoms with Crippen molar-refractivity contribution in [2.24, 2.45) is 0 Å². The van der Waals surface area contributed by atoms with E-state index in [1.807, 2.05) is 48.5 Å². The van der Waals surface area contributed by atoms with Gasteiger partial charge in [0.15, 0.2) is 9.84 Å². The summed E-state index contributed by atoms with van der Waals surface area (Å²) in [6.45, 7) is 0. The lowest BCUT2D eigenvalue weighted by molar-refractivity contribution is 0.485. The highest BCUT2D eigenvalue weighted by atomic mass is 32.2. The molecule has 31 heavy (non-hydrogen) atoms. The second kappa shape index (κ2) is 8.45. The topological polar surface area (TPSA) is 107 Å². The molecule has 4 aromatic rings. The predicted octanol–water partition coefficient (Wildman–Crippen LogP) is 4.67. The van der Waals surface area contributed by atoms with E-state index in [1.54, 1.807) is 36.5 Å². The number of rotatable bonds is 6. The number of aromatic nitrogens is 2. The van der Waals surface area contributed by atoms with Gasteiger partial charge in [0.2, 0.25) is 5.95 Å². The molecule has 3 N–H and O–H groups in total. The Morgan fingerprint density at radius 2 is 1.61 bits per heavy atom. The molecule has 1 aromatic heterocycles. The quantitative estimate of drug-likeness (QED) is 0.427. The minimum Gasteiger partial charge on any atom is -0.455 e. The minimum atomic E-state index is -3.24. The molecule has 7 nitrogen and oxygen atoms in total. The van der Waals surface area contributed by atoms with E-state index < -0.39 is 9.84 Å². The average Bonchev–Trinajstić information content (AvgIpc) is 2.76. The molecule has 1 heterocycles. The van der Waals surface area contributed by atoms with Crippen LogP contribution in [0.4, 0.5) is 17.3 Å². The van der Waals surface area contributed by atoms with Gasteiger partial charge in [0.25, 0.3) is 0 Å². The summed E-state index contributed by atoms with van der Waals surface area (Å²) in [5.41, 5.74) is 8.81. The van der Waals surface area contributed by atoms with Crippen molar-refractivity contribution in [2.75, 3.05) is 17.3 Å². The van der Waals surface area contributed by atoms with Gasteiger partial charge in [-0.3, -0.25) is 0 Å². The van der Waals surface area contributed by atoms with E-state index in [-0.39, 0.29) is 4.90 Å². The Hall–Kier alpha value is -3.91. The minimum absolute atomic E-state index is 0.257. The molecule has 0 aliphatic carbocycles. The van der Waals surface area contributed by atoms with Crippen molar-refractivity contribution in [3.05, 3.63) is 85.1 Å². The number of hydrogen-bond donors (Lipinski definition) is 2. The Labute approximate surface area is 180 Å². The molecule has 0 spiro atoms. The SMILES string of the molecule is CS(=O)(=O)c1ccc(Nc2nccc(-c3ccc(Oc4ccccc4N)cc3)n2)cc1. The first-order chi connectivity index (χ1) is 14.9. The van der Waals surface area contributed by atoms with Gasteiger partial charge in [0.05, 0.1) is 16.3 Å². The first-order valence-corrected chi connectivity index (χ1v) is 11.3. The molecule has 0 unspecified atom stereocenters. The zero-order valence-corrected chi connectivity index (χ0v) is 17.5. The highest BCUT2D eigenvalue weighted by Gasteiger charge is 2.08. The van der Waals surface area contributed by atoms with E-state index in [2.05, 4.69) is 15.3 Å². The maximum Gasteiger partial charge on any atom is 0.227 e. The normalized spacial score (nSPS) is 11.1. The fourth-order valence-electron chi connectivity index (χ4n) is 2.89. The van der Waals surface area contributed by atoms with Gasteiger partial charge in [-0.25, -0.2) is 18.4 Å². The number of nitrogens with zero attached hydrogens (tertiary/aromatic N) is 2. The summed E-state index contributed by atoms with van der Waals surface area (Å²) < 4.78 is 29.0. The lowest BCUT2D eigenvalue weighted by Gasteiger charge is -2.10. The molecule has 0 atom stereocenters. The van der Waals surface area contributed by atoms with Crippen LogP contribution < -0.4 is 15.8 Å². The summed E-state index contributed by atoms with van der Waals surface area (Å²) in [4.78, 5) is 9.03. The standard InChI is InChI=1S/C23H20N4O3S/c1-31(28,29)19-12-8-17(9-13-19)26-23-25-15-14-21(27-23)16-6-10-18(11-7-16)30-22-5-3-2-4-20(22)24/h2-15H,24H2,1H3,(H,25,26,27). The van der Waals surface area contributed by atoms with Gasteiger partial charge in [-0.2, -0.15) is 0 Å². The molecule has 0 aliphatic rings. The fraction of sp³-hybridized carbons (Fsp3) is 0.0435. The highest BCUT2D eigenvalue weighted by Crippen LogP contribution is 2.29. The first kappa shape index (κ1) is 20.4. The van der Waals surface area contributed by atoms with Crippen molar-refractivity contribution in [1.82, 2.24) is 9.97 Å². The molecule has 0 radical (unpaired) electrons. The maximum atomic E-state index is 11.6. The van der Waals surface area contributed by atoms with Crippen LogP contribution >= 0.6 is 0 Å². The van der Waals surface area contributed by atoms with Gasteiger partial charge in [0.1, 0.15) is 11.5 Å². The van der Waals surface area contributed by atoms with Gasteiger partial charge in [-0.05, 0) is 66.7 Å². The number of nitrogens with one attached hydrogen (secondary N) is 1. The van der Waals surface area contributed by atoms with E-state index in [0.29, 0.717) is 28.8 Å². The van der Waals surface area contributed by atoms with E-state index in [9.17, 15) is 8.42 Å². The summed E-state index contributed by atoms with van der Waals surface area (Å²) in [5, 5.41) is 3.09. The number of sulfone groups is 1. The number of anilines is 3. The molecular weight excluding hydrogens is 412 g/mol. The number of ether oxygens (including phenoxy) is 1. The second-order valence-corrected chi connectivity index (χ2v) is 8.87. The zero-order chi connectivity index (χ0) is 21.8. The van der Waals surface area contributed by atoms with Crippen molar-refractivity contribution >= 4 is 27.2 Å². The smallest absolute Gasteiger partial charge is 0.227 e. The van der Waals surface area contributed by atoms with Crippen LogP contribution in [-0.2, 0) is 9.84 Å². The van der Waals surface area contributed by atoms with Crippen LogP contribution in [0.5, 0.6) is 11.5 Å². The van der Waals surface area contributed by atoms with Crippen LogP contribution in [0.25, 0.3) is 11.3 Å². The van der Waals surface area contributed by atoms with Gasteiger partial charge in [-0.1, -0.05) is 12.1 Å². The van der Waals surface area contributed by atoms with E-state index in [1.165, 1.54) is 6.26 Å². The number of hydrogen-bond acceptors (Lipinski definition) is 7. The molecule has 0 saturated heterocycles. The van der Waals surface area contributed by atoms with E-state index in [0.717, 1.165) is 11.3 Å². The van der Waals surface area contributed by atoms with Crippen molar-refractivity contribution in [3.63, 3.8) is 0 Å². The van der Waals surface area contributed by atoms with Crippen LogP contribution in [0.3, 0.4) is 0 Å². The Morgan fingerprint density at radius 1 is 0.903 bits per heavy atom. The largest absolute Gasteiger partial charge is 0.455 e. The molecule has 0 bridgehead atoms. The van der Waals surface area contributed by atoms with E-state index >= 15 is 0 Å². The number of nitrogen functional groups attached to an aromatic ring is 1. The summed E-state index contributed by atoms with van der Waals surface area (Å²) in [5.74, 6) is 1.67. The predicted molar refractivity (Wildman–Crippen MR) is 121 cm³/mol. The molecule has 0 fully saturated rings. The van der Waals surface area contributed by atoms with Crippen molar-refractivity contribution in [2.45, 2.75) is 4.90 Å². The number of benzene rings is 3. The molecule has 156 valence electrons. The lowest BCUT2D eigenvalue weighted by Crippen LogP contribution is -2.00. The average molecular weight is 433 g/mol. The fourth-order valence-corrected chi connectivity index (χ4v) is 3.52. The van der Waals surface area contributed by atoms with Gasteiger partial charge in [0, 0.05) is 23.7 Å². The molecule has 0 amide bonds. The van der Waals surface area contributed by atoms with Crippen LogP contribution in [-0.4, -0.2) is 24.6 Å². The van der Waals surface area contributed by atoms with Crippen molar-refractivity contribution in [1.29, 1.82) is 0 Å². The zero-order valence-electron chi connectivity index (χ0n) is 16.7. The Bertz CT molecular complexity index is 1310. The van der Waals surface area contributed by atoms with Crippen LogP contribution in [0.15, 0.2) is 90.0 Å². The summed E-state index contributed by atoms with van der Waals surface area (Å²) in [6, 6.07) is 23.1. The number of para-hydroxylation sites is 2. The molecule has 8 heteroatoms. The van der Waals surface area contributed by atoms with Crippen LogP contribution in [0.1, 0.15) is 0 Å². The Morgan fingerprint density at radius 3 is 2.29 bits per heavy atom. The Balaban J connectivity index is 1.49. The van der Waals surface area contributed by atoms with Gasteiger partial charge >= 0.3 is 0 Å². The van der Waals surface area contributed by atoms with Crippen molar-refractivity contribution < 1.29 is 13.2 Å². The molecule has 3 aromatic carbocycles. The summed E-state index contributed by atoms with van der Waals surface area (Å²) in [7, 11) is -3.24. The molecule has 0 aliphatic heterocycles. The lowest BCUT2D eigenvalue weighted by atomic mass is 10.1. The molecular formula is C23H20N4O3S. The van der Waals surface area contributed by atoms with Crippen LogP contribution in [0, 0.1) is 0 Å². The summed E-state index contributed by atoms with van der Waals surface area (Å²) >= 11 is 0. The monoisotopic (exact) mass is 432 g/mol. The Kier molecular flexibility index (Phi) is 5.55. The number of nitrogens with two attached hydrogens (primary N) is 1.